The Kier molecular flexibility index (Phi) is 3.99. The van der Waals surface area contributed by atoms with Gasteiger partial charge < -0.3 is 10.1 Å². The summed E-state index contributed by atoms with van der Waals surface area (Å²) in [5, 5.41) is 8.19. The Morgan fingerprint density at radius 3 is 2.67 bits per heavy atom. The first-order valence-corrected chi connectivity index (χ1v) is 2.94. The number of imidazole rings is 1. The predicted molar refractivity (Wildman–Crippen MR) is 42.2 cm³/mol. The molecule has 0 spiro atoms. The number of aliphatic carboxylic acids is 1. The highest BCUT2D eigenvalue weighted by Crippen LogP contribution is 1.90. The van der Waals surface area contributed by atoms with E-state index in [0.717, 1.165) is 0 Å². The van der Waals surface area contributed by atoms with E-state index in [0.29, 0.717) is 5.82 Å². The van der Waals surface area contributed by atoms with E-state index in [-0.39, 0.29) is 18.8 Å². The van der Waals surface area contributed by atoms with Crippen molar-refractivity contribution in [1.82, 2.24) is 9.97 Å². The molecule has 1 aromatic rings. The number of hydrogen-bond donors (Lipinski definition) is 2. The van der Waals surface area contributed by atoms with Gasteiger partial charge in [0.1, 0.15) is 5.82 Å². The molecule has 0 radical (unpaired) electrons. The molecule has 0 saturated heterocycles. The molecule has 6 heteroatoms. The lowest BCUT2D eigenvalue weighted by atomic mass is 10.3. The second-order valence-electron chi connectivity index (χ2n) is 1.94. The lowest BCUT2D eigenvalue weighted by molar-refractivity contribution is -0.148. The molecule has 0 amide bonds. The third-order valence-electron chi connectivity index (χ3n) is 1.12. The van der Waals surface area contributed by atoms with Gasteiger partial charge in [-0.3, -0.25) is 4.79 Å². The molecule has 0 unspecified atom stereocenters. The maximum absolute atomic E-state index is 10.6. The van der Waals surface area contributed by atoms with Crippen LogP contribution in [0, 0.1) is 0 Å². The zero-order valence-corrected chi connectivity index (χ0v) is 6.80. The largest absolute Gasteiger partial charge is 0.475 e. The standard InChI is InChI=1S/C6H6N2O3.ClH/c9-4(6(10)11)3-5-7-1-2-8-5;/h1-2H,3H2,(H,7,8)(H,10,11);1H. The highest BCUT2D eigenvalue weighted by atomic mass is 35.5. The van der Waals surface area contributed by atoms with E-state index < -0.39 is 11.8 Å². The molecule has 0 saturated carbocycles. The Morgan fingerprint density at radius 1 is 1.58 bits per heavy atom. The summed E-state index contributed by atoms with van der Waals surface area (Å²) in [5.74, 6) is -1.92. The molecule has 0 fully saturated rings. The van der Waals surface area contributed by atoms with Gasteiger partial charge in [0.2, 0.25) is 5.78 Å². The van der Waals surface area contributed by atoms with Crippen LogP contribution in [0.25, 0.3) is 0 Å². The number of rotatable bonds is 3. The minimum absolute atomic E-state index is 0. The Morgan fingerprint density at radius 2 is 2.25 bits per heavy atom. The smallest absolute Gasteiger partial charge is 0.372 e. The number of hydrogen-bond acceptors (Lipinski definition) is 3. The minimum atomic E-state index is -1.43. The SMILES string of the molecule is Cl.O=C(O)C(=O)Cc1ncc[nH]1. The van der Waals surface area contributed by atoms with E-state index in [1.807, 2.05) is 0 Å². The van der Waals surface area contributed by atoms with Gasteiger partial charge in [-0.1, -0.05) is 0 Å². The van der Waals surface area contributed by atoms with Crippen molar-refractivity contribution in [2.45, 2.75) is 6.42 Å². The molecule has 0 atom stereocenters. The number of Topliss-reactive ketones (excluding diaryl/α,β-unsaturated/α-hetero) is 1. The fourth-order valence-corrected chi connectivity index (χ4v) is 0.622. The number of nitrogens with zero attached hydrogens (tertiary/aromatic N) is 1. The molecule has 0 bridgehead atoms. The van der Waals surface area contributed by atoms with Crippen molar-refractivity contribution in [3.63, 3.8) is 0 Å². The van der Waals surface area contributed by atoms with Gasteiger partial charge in [-0.15, -0.1) is 12.4 Å². The number of carbonyl (C=O) groups excluding carboxylic acids is 1. The lowest BCUT2D eigenvalue weighted by Gasteiger charge is -1.89. The third-order valence-corrected chi connectivity index (χ3v) is 1.12. The Balaban J connectivity index is 0.00000121. The van der Waals surface area contributed by atoms with E-state index in [2.05, 4.69) is 9.97 Å². The van der Waals surface area contributed by atoms with Gasteiger partial charge in [0.05, 0.1) is 6.42 Å². The molecular weight excluding hydrogens is 184 g/mol. The normalized spacial score (nSPS) is 8.67. The molecule has 1 heterocycles. The van der Waals surface area contributed by atoms with E-state index in [1.54, 1.807) is 0 Å². The van der Waals surface area contributed by atoms with Gasteiger partial charge in [0, 0.05) is 12.4 Å². The molecule has 0 aromatic carbocycles. The number of halogens is 1. The predicted octanol–water partition coefficient (Wildman–Crippen LogP) is 0.0277. The number of nitrogens with one attached hydrogen (secondary N) is 1. The average molecular weight is 191 g/mol. The zero-order chi connectivity index (χ0) is 8.27. The topological polar surface area (TPSA) is 83.0 Å². The summed E-state index contributed by atoms with van der Waals surface area (Å²) in [6.45, 7) is 0. The fourth-order valence-electron chi connectivity index (χ4n) is 0.622. The first-order valence-electron chi connectivity index (χ1n) is 2.94. The second kappa shape index (κ2) is 4.50. The van der Waals surface area contributed by atoms with Crippen molar-refractivity contribution in [3.05, 3.63) is 18.2 Å². The van der Waals surface area contributed by atoms with Crippen LogP contribution in [0.1, 0.15) is 5.82 Å². The van der Waals surface area contributed by atoms with Crippen molar-refractivity contribution < 1.29 is 14.7 Å². The van der Waals surface area contributed by atoms with Crippen molar-refractivity contribution in [3.8, 4) is 0 Å². The van der Waals surface area contributed by atoms with Crippen LogP contribution in [0.15, 0.2) is 12.4 Å². The van der Waals surface area contributed by atoms with Crippen LogP contribution in [-0.2, 0) is 16.0 Å². The molecule has 66 valence electrons. The second-order valence-corrected chi connectivity index (χ2v) is 1.94. The van der Waals surface area contributed by atoms with Crippen LogP contribution < -0.4 is 0 Å². The van der Waals surface area contributed by atoms with Gasteiger partial charge in [0.25, 0.3) is 0 Å². The van der Waals surface area contributed by atoms with E-state index >= 15 is 0 Å². The monoisotopic (exact) mass is 190 g/mol. The van der Waals surface area contributed by atoms with Crippen LogP contribution in [0.2, 0.25) is 0 Å². The summed E-state index contributed by atoms with van der Waals surface area (Å²) in [5.41, 5.74) is 0. The van der Waals surface area contributed by atoms with Crippen molar-refractivity contribution in [2.75, 3.05) is 0 Å². The molecule has 1 rings (SSSR count). The highest BCUT2D eigenvalue weighted by Gasteiger charge is 2.12. The number of carboxylic acids is 1. The quantitative estimate of drug-likeness (QED) is 0.659. The number of aromatic amines is 1. The van der Waals surface area contributed by atoms with Crippen LogP contribution >= 0.6 is 12.4 Å². The summed E-state index contributed by atoms with van der Waals surface area (Å²) in [7, 11) is 0. The van der Waals surface area contributed by atoms with Gasteiger partial charge in [0.15, 0.2) is 0 Å². The molecule has 12 heavy (non-hydrogen) atoms. The first-order chi connectivity index (χ1) is 5.20. The van der Waals surface area contributed by atoms with Crippen LogP contribution in [0.4, 0.5) is 0 Å². The van der Waals surface area contributed by atoms with Gasteiger partial charge in [-0.25, -0.2) is 9.78 Å². The summed E-state index contributed by atoms with van der Waals surface area (Å²) in [4.78, 5) is 26.9. The molecule has 0 aliphatic carbocycles. The highest BCUT2D eigenvalue weighted by molar-refractivity contribution is 6.33. The molecule has 1 aromatic heterocycles. The third kappa shape index (κ3) is 2.71. The summed E-state index contributed by atoms with van der Waals surface area (Å²) in [6.07, 6.45) is 2.82. The maximum Gasteiger partial charge on any atom is 0.372 e. The number of carbonyl (C=O) groups is 2. The van der Waals surface area contributed by atoms with Crippen LogP contribution in [0.5, 0.6) is 0 Å². The number of H-pyrrole nitrogens is 1. The summed E-state index contributed by atoms with van der Waals surface area (Å²) < 4.78 is 0. The van der Waals surface area contributed by atoms with Crippen molar-refractivity contribution in [2.24, 2.45) is 0 Å². The average Bonchev–Trinajstić information content (AvgIpc) is 2.39. The minimum Gasteiger partial charge on any atom is -0.475 e. The van der Waals surface area contributed by atoms with Crippen molar-refractivity contribution >= 4 is 24.2 Å². The Bertz CT molecular complexity index is 270. The maximum atomic E-state index is 10.6. The Labute approximate surface area is 74.2 Å². The zero-order valence-electron chi connectivity index (χ0n) is 5.98. The van der Waals surface area contributed by atoms with Crippen molar-refractivity contribution in [1.29, 1.82) is 0 Å². The van der Waals surface area contributed by atoms with Gasteiger partial charge >= 0.3 is 5.97 Å². The summed E-state index contributed by atoms with van der Waals surface area (Å²) in [6, 6.07) is 0. The molecule has 2 N–H and O–H groups in total. The van der Waals surface area contributed by atoms with E-state index in [9.17, 15) is 9.59 Å². The number of carboxylic acid groups (broad SMARTS) is 1. The molecular formula is C6H7ClN2O3. The number of ketones is 1. The lowest BCUT2D eigenvalue weighted by Crippen LogP contribution is -2.15. The first kappa shape index (κ1) is 10.6. The van der Waals surface area contributed by atoms with Crippen LogP contribution in [-0.4, -0.2) is 26.8 Å². The Hall–Kier alpha value is -1.36. The van der Waals surface area contributed by atoms with E-state index in [4.69, 9.17) is 5.11 Å². The van der Waals surface area contributed by atoms with Gasteiger partial charge in [-0.2, -0.15) is 0 Å². The van der Waals surface area contributed by atoms with Crippen LogP contribution in [0.3, 0.4) is 0 Å². The number of aromatic nitrogens is 2. The summed E-state index contributed by atoms with van der Waals surface area (Å²) >= 11 is 0. The molecule has 0 aliphatic rings. The fraction of sp³-hybridized carbons (Fsp3) is 0.167. The van der Waals surface area contributed by atoms with Gasteiger partial charge in [-0.05, 0) is 0 Å². The molecule has 0 aliphatic heterocycles. The van der Waals surface area contributed by atoms with E-state index in [1.165, 1.54) is 12.4 Å². The molecule has 5 nitrogen and oxygen atoms in total.